The third-order valence-corrected chi connectivity index (χ3v) is 3.93. The Morgan fingerprint density at radius 1 is 1.26 bits per heavy atom. The van der Waals surface area contributed by atoms with Gasteiger partial charge in [0.2, 0.25) is 0 Å². The van der Waals surface area contributed by atoms with E-state index in [4.69, 9.17) is 11.6 Å². The molecule has 1 aromatic heterocycles. The molecule has 0 spiro atoms. The van der Waals surface area contributed by atoms with Gasteiger partial charge in [0.05, 0.1) is 5.69 Å². The molecule has 5 heteroatoms. The van der Waals surface area contributed by atoms with Crippen LogP contribution in [0.5, 0.6) is 0 Å². The highest BCUT2D eigenvalue weighted by atomic mass is 79.9. The molecule has 1 N–H and O–H groups in total. The van der Waals surface area contributed by atoms with E-state index in [1.807, 2.05) is 39.0 Å². The number of aromatic nitrogens is 2. The maximum absolute atomic E-state index is 6.03. The minimum absolute atomic E-state index is 0.236. The molecular weight excluding hydrogens is 326 g/mol. The molecule has 0 saturated heterocycles. The normalized spacial score (nSPS) is 10.8. The largest absolute Gasteiger partial charge is 0.339 e. The van der Waals surface area contributed by atoms with Gasteiger partial charge in [-0.3, -0.25) is 0 Å². The lowest BCUT2D eigenvalue weighted by Gasteiger charge is -2.12. The van der Waals surface area contributed by atoms with Crippen LogP contribution < -0.4 is 5.32 Å². The van der Waals surface area contributed by atoms with Gasteiger partial charge in [-0.1, -0.05) is 37.6 Å². The summed E-state index contributed by atoms with van der Waals surface area (Å²) in [6.07, 6.45) is 0. The van der Waals surface area contributed by atoms with E-state index >= 15 is 0 Å². The fourth-order valence-corrected chi connectivity index (χ4v) is 2.19. The van der Waals surface area contributed by atoms with Gasteiger partial charge in [-0.2, -0.15) is 0 Å². The summed E-state index contributed by atoms with van der Waals surface area (Å²) in [5, 5.41) is 3.72. The molecule has 0 aliphatic heterocycles. The van der Waals surface area contributed by atoms with Crippen LogP contribution in [0.4, 0.5) is 11.5 Å². The van der Waals surface area contributed by atoms with Crippen LogP contribution in [0.25, 0.3) is 0 Å². The van der Waals surface area contributed by atoms with Gasteiger partial charge in [0, 0.05) is 16.5 Å². The molecule has 19 heavy (non-hydrogen) atoms. The fraction of sp³-hybridized carbons (Fsp3) is 0.286. The molecule has 100 valence electrons. The zero-order chi connectivity index (χ0) is 14.0. The number of hydrogen-bond acceptors (Lipinski definition) is 3. The Morgan fingerprint density at radius 2 is 2.00 bits per heavy atom. The van der Waals surface area contributed by atoms with Gasteiger partial charge in [-0.25, -0.2) is 9.97 Å². The van der Waals surface area contributed by atoms with Crippen LogP contribution in [-0.4, -0.2) is 9.97 Å². The van der Waals surface area contributed by atoms with Gasteiger partial charge in [-0.15, -0.1) is 0 Å². The first-order chi connectivity index (χ1) is 8.97. The molecule has 0 saturated carbocycles. The standard InChI is InChI=1S/C14H15BrClN3/c1-8(2)14-18-11(16)7-12(19-14)17-10-6-4-5-9(3)13(10)15/h4-8H,1-3H3,(H,17,18,19). The van der Waals surface area contributed by atoms with Crippen LogP contribution in [0.15, 0.2) is 28.7 Å². The van der Waals surface area contributed by atoms with E-state index in [0.717, 1.165) is 21.5 Å². The highest BCUT2D eigenvalue weighted by Crippen LogP contribution is 2.29. The third-order valence-electron chi connectivity index (χ3n) is 2.68. The SMILES string of the molecule is Cc1cccc(Nc2cc(Cl)nc(C(C)C)n2)c1Br. The van der Waals surface area contributed by atoms with Crippen molar-refractivity contribution >= 4 is 39.0 Å². The van der Waals surface area contributed by atoms with E-state index in [1.54, 1.807) is 6.07 Å². The van der Waals surface area contributed by atoms with Gasteiger partial charge < -0.3 is 5.32 Å². The van der Waals surface area contributed by atoms with Crippen molar-refractivity contribution in [2.45, 2.75) is 26.7 Å². The molecule has 0 atom stereocenters. The van der Waals surface area contributed by atoms with Gasteiger partial charge in [-0.05, 0) is 34.5 Å². The number of nitrogens with one attached hydrogen (secondary N) is 1. The summed E-state index contributed by atoms with van der Waals surface area (Å²) >= 11 is 9.59. The second kappa shape index (κ2) is 5.88. The van der Waals surface area contributed by atoms with Gasteiger partial charge in [0.25, 0.3) is 0 Å². The highest BCUT2D eigenvalue weighted by molar-refractivity contribution is 9.10. The quantitative estimate of drug-likeness (QED) is 0.793. The molecular formula is C14H15BrClN3. The smallest absolute Gasteiger partial charge is 0.135 e. The second-order valence-corrected chi connectivity index (χ2v) is 5.83. The van der Waals surface area contributed by atoms with Crippen molar-refractivity contribution in [3.63, 3.8) is 0 Å². The van der Waals surface area contributed by atoms with Gasteiger partial charge in [0.15, 0.2) is 0 Å². The zero-order valence-corrected chi connectivity index (χ0v) is 13.4. The van der Waals surface area contributed by atoms with Crippen molar-refractivity contribution in [2.24, 2.45) is 0 Å². The van der Waals surface area contributed by atoms with Gasteiger partial charge >= 0.3 is 0 Å². The van der Waals surface area contributed by atoms with E-state index in [2.05, 4.69) is 31.2 Å². The van der Waals surface area contributed by atoms with Crippen molar-refractivity contribution in [2.75, 3.05) is 5.32 Å². The predicted molar refractivity (Wildman–Crippen MR) is 83.3 cm³/mol. The van der Waals surface area contributed by atoms with Crippen molar-refractivity contribution in [3.05, 3.63) is 45.3 Å². The van der Waals surface area contributed by atoms with E-state index in [9.17, 15) is 0 Å². The van der Waals surface area contributed by atoms with Crippen molar-refractivity contribution in [1.82, 2.24) is 9.97 Å². The number of hydrogen-bond donors (Lipinski definition) is 1. The average Bonchev–Trinajstić information content (AvgIpc) is 2.34. The number of halogens is 2. The number of benzene rings is 1. The van der Waals surface area contributed by atoms with Gasteiger partial charge in [0.1, 0.15) is 16.8 Å². The minimum atomic E-state index is 0.236. The summed E-state index contributed by atoms with van der Waals surface area (Å²) in [6.45, 7) is 6.12. The molecule has 0 amide bonds. The topological polar surface area (TPSA) is 37.8 Å². The Labute approximate surface area is 126 Å². The van der Waals surface area contributed by atoms with Crippen LogP contribution >= 0.6 is 27.5 Å². The molecule has 0 bridgehead atoms. The maximum Gasteiger partial charge on any atom is 0.135 e. The first-order valence-corrected chi connectivity index (χ1v) is 7.21. The van der Waals surface area contributed by atoms with E-state index < -0.39 is 0 Å². The van der Waals surface area contributed by atoms with Crippen molar-refractivity contribution < 1.29 is 0 Å². The Hall–Kier alpha value is -1.13. The van der Waals surface area contributed by atoms with Crippen molar-refractivity contribution in [3.8, 4) is 0 Å². The lowest BCUT2D eigenvalue weighted by molar-refractivity contribution is 0.776. The number of rotatable bonds is 3. The lowest BCUT2D eigenvalue weighted by atomic mass is 10.2. The molecule has 2 aromatic rings. The highest BCUT2D eigenvalue weighted by Gasteiger charge is 2.09. The third kappa shape index (κ3) is 3.45. The Balaban J connectivity index is 2.35. The summed E-state index contributed by atoms with van der Waals surface area (Å²) in [7, 11) is 0. The Kier molecular flexibility index (Phi) is 4.42. The monoisotopic (exact) mass is 339 g/mol. The molecule has 0 radical (unpaired) electrons. The number of nitrogens with zero attached hydrogens (tertiary/aromatic N) is 2. The first kappa shape index (κ1) is 14.3. The second-order valence-electron chi connectivity index (χ2n) is 4.65. The van der Waals surface area contributed by atoms with Crippen LogP contribution in [0.1, 0.15) is 31.2 Å². The molecule has 3 nitrogen and oxygen atoms in total. The number of aryl methyl sites for hydroxylation is 1. The fourth-order valence-electron chi connectivity index (χ4n) is 1.64. The summed E-state index contributed by atoms with van der Waals surface area (Å²) in [6, 6.07) is 7.75. The van der Waals surface area contributed by atoms with Crippen LogP contribution in [0, 0.1) is 6.92 Å². The molecule has 0 aliphatic rings. The summed E-state index contributed by atoms with van der Waals surface area (Å²) in [4.78, 5) is 8.69. The Morgan fingerprint density at radius 3 is 2.68 bits per heavy atom. The van der Waals surface area contributed by atoms with Crippen LogP contribution in [0.3, 0.4) is 0 Å². The molecule has 1 heterocycles. The van der Waals surface area contributed by atoms with E-state index in [1.165, 1.54) is 0 Å². The van der Waals surface area contributed by atoms with Crippen LogP contribution in [0.2, 0.25) is 5.15 Å². The summed E-state index contributed by atoms with van der Waals surface area (Å²) < 4.78 is 1.02. The Bertz CT molecular complexity index is 599. The maximum atomic E-state index is 6.03. The summed E-state index contributed by atoms with van der Waals surface area (Å²) in [5.41, 5.74) is 2.12. The predicted octanol–water partition coefficient (Wildman–Crippen LogP) is 5.07. The van der Waals surface area contributed by atoms with Crippen LogP contribution in [-0.2, 0) is 0 Å². The van der Waals surface area contributed by atoms with E-state index in [0.29, 0.717) is 11.0 Å². The average molecular weight is 341 g/mol. The first-order valence-electron chi connectivity index (χ1n) is 6.04. The van der Waals surface area contributed by atoms with Crippen molar-refractivity contribution in [1.29, 1.82) is 0 Å². The molecule has 0 aliphatic carbocycles. The minimum Gasteiger partial charge on any atom is -0.339 e. The molecule has 2 rings (SSSR count). The molecule has 0 unspecified atom stereocenters. The molecule has 1 aromatic carbocycles. The zero-order valence-electron chi connectivity index (χ0n) is 11.0. The molecule has 0 fully saturated rings. The number of anilines is 2. The van der Waals surface area contributed by atoms with E-state index in [-0.39, 0.29) is 5.92 Å². The summed E-state index contributed by atoms with van der Waals surface area (Å²) in [5.74, 6) is 1.67. The lowest BCUT2D eigenvalue weighted by Crippen LogP contribution is -2.02.